The molecule has 0 bridgehead atoms. The fourth-order valence-corrected chi connectivity index (χ4v) is 2.12. The third-order valence-electron chi connectivity index (χ3n) is 2.87. The van der Waals surface area contributed by atoms with Gasteiger partial charge in [0.15, 0.2) is 0 Å². The lowest BCUT2D eigenvalue weighted by atomic mass is 10.0. The van der Waals surface area contributed by atoms with E-state index in [9.17, 15) is 5.11 Å². The summed E-state index contributed by atoms with van der Waals surface area (Å²) in [5.41, 5.74) is -0.0964. The van der Waals surface area contributed by atoms with E-state index in [4.69, 9.17) is 4.74 Å². The van der Waals surface area contributed by atoms with Crippen molar-refractivity contribution in [3.05, 3.63) is 0 Å². The van der Waals surface area contributed by atoms with Crippen molar-refractivity contribution in [3.63, 3.8) is 0 Å². The predicted octanol–water partition coefficient (Wildman–Crippen LogP) is 1.25. The van der Waals surface area contributed by atoms with Gasteiger partial charge in [0.25, 0.3) is 0 Å². The van der Waals surface area contributed by atoms with Crippen molar-refractivity contribution >= 4 is 0 Å². The van der Waals surface area contributed by atoms with Crippen molar-refractivity contribution in [2.24, 2.45) is 0 Å². The van der Waals surface area contributed by atoms with E-state index in [1.807, 2.05) is 6.92 Å². The zero-order valence-electron chi connectivity index (χ0n) is 9.95. The van der Waals surface area contributed by atoms with Crippen LogP contribution < -0.4 is 0 Å². The molecule has 84 valence electrons. The average Bonchev–Trinajstić information content (AvgIpc) is 1.98. The SMILES string of the molecule is CC1CN(C(C)C(C)O)CC(C)(C)O1. The molecule has 1 heterocycles. The molecule has 0 aromatic heterocycles. The number of hydrogen-bond donors (Lipinski definition) is 1. The molecule has 0 amide bonds. The van der Waals surface area contributed by atoms with Gasteiger partial charge < -0.3 is 9.84 Å². The summed E-state index contributed by atoms with van der Waals surface area (Å²) < 4.78 is 5.81. The van der Waals surface area contributed by atoms with Crippen molar-refractivity contribution in [1.82, 2.24) is 4.90 Å². The van der Waals surface area contributed by atoms with Crippen LogP contribution in [-0.4, -0.2) is 46.9 Å². The van der Waals surface area contributed by atoms with E-state index in [1.54, 1.807) is 0 Å². The molecule has 1 N–H and O–H groups in total. The molecule has 1 aliphatic rings. The van der Waals surface area contributed by atoms with Gasteiger partial charge in [-0.3, -0.25) is 4.90 Å². The molecule has 3 atom stereocenters. The highest BCUT2D eigenvalue weighted by molar-refractivity contribution is 4.86. The van der Waals surface area contributed by atoms with E-state index in [0.717, 1.165) is 13.1 Å². The Hall–Kier alpha value is -0.120. The van der Waals surface area contributed by atoms with Crippen molar-refractivity contribution < 1.29 is 9.84 Å². The third-order valence-corrected chi connectivity index (χ3v) is 2.87. The van der Waals surface area contributed by atoms with Crippen LogP contribution >= 0.6 is 0 Å². The van der Waals surface area contributed by atoms with Gasteiger partial charge in [0.2, 0.25) is 0 Å². The maximum absolute atomic E-state index is 9.55. The van der Waals surface area contributed by atoms with Gasteiger partial charge in [-0.2, -0.15) is 0 Å². The minimum absolute atomic E-state index is 0.0964. The van der Waals surface area contributed by atoms with Crippen LogP contribution in [0.5, 0.6) is 0 Å². The lowest BCUT2D eigenvalue weighted by molar-refractivity contribution is -0.144. The number of aliphatic hydroxyl groups is 1. The van der Waals surface area contributed by atoms with Crippen LogP contribution in [0.2, 0.25) is 0 Å². The normalized spacial score (nSPS) is 32.6. The Morgan fingerprint density at radius 3 is 2.43 bits per heavy atom. The number of hydrogen-bond acceptors (Lipinski definition) is 3. The highest BCUT2D eigenvalue weighted by Crippen LogP contribution is 2.23. The zero-order valence-corrected chi connectivity index (χ0v) is 9.95. The monoisotopic (exact) mass is 201 g/mol. The summed E-state index contributed by atoms with van der Waals surface area (Å²) in [4.78, 5) is 2.30. The van der Waals surface area contributed by atoms with Gasteiger partial charge in [-0.1, -0.05) is 0 Å². The lowest BCUT2D eigenvalue weighted by Gasteiger charge is -2.45. The molecule has 0 aliphatic carbocycles. The zero-order chi connectivity index (χ0) is 10.9. The first-order valence-electron chi connectivity index (χ1n) is 5.42. The molecule has 14 heavy (non-hydrogen) atoms. The molecule has 3 heteroatoms. The van der Waals surface area contributed by atoms with E-state index in [-0.39, 0.29) is 23.9 Å². The van der Waals surface area contributed by atoms with E-state index in [0.29, 0.717) is 0 Å². The first-order valence-corrected chi connectivity index (χ1v) is 5.42. The van der Waals surface area contributed by atoms with Gasteiger partial charge in [-0.25, -0.2) is 0 Å². The molecule has 1 aliphatic heterocycles. The average molecular weight is 201 g/mol. The molecule has 0 radical (unpaired) electrons. The summed E-state index contributed by atoms with van der Waals surface area (Å²) in [6.07, 6.45) is -0.0314. The summed E-state index contributed by atoms with van der Waals surface area (Å²) in [5, 5.41) is 9.55. The Morgan fingerprint density at radius 1 is 1.43 bits per heavy atom. The van der Waals surface area contributed by atoms with Crippen molar-refractivity contribution in [3.8, 4) is 0 Å². The summed E-state index contributed by atoms with van der Waals surface area (Å²) >= 11 is 0. The van der Waals surface area contributed by atoms with Gasteiger partial charge >= 0.3 is 0 Å². The molecule has 1 fully saturated rings. The van der Waals surface area contributed by atoms with Gasteiger partial charge in [0, 0.05) is 19.1 Å². The molecule has 0 aromatic carbocycles. The second-order valence-electron chi connectivity index (χ2n) is 5.10. The first kappa shape index (κ1) is 12.0. The summed E-state index contributed by atoms with van der Waals surface area (Å²) in [5.74, 6) is 0. The standard InChI is InChI=1S/C11H23NO2/c1-8-6-12(9(2)10(3)13)7-11(4,5)14-8/h8-10,13H,6-7H2,1-5H3. The number of morpholine rings is 1. The first-order chi connectivity index (χ1) is 6.32. The van der Waals surface area contributed by atoms with E-state index < -0.39 is 0 Å². The fourth-order valence-electron chi connectivity index (χ4n) is 2.12. The molecular weight excluding hydrogens is 178 g/mol. The molecule has 3 nitrogen and oxygen atoms in total. The minimum atomic E-state index is -0.281. The maximum atomic E-state index is 9.55. The van der Waals surface area contributed by atoms with Crippen molar-refractivity contribution in [2.45, 2.75) is 58.5 Å². The quantitative estimate of drug-likeness (QED) is 0.730. The van der Waals surface area contributed by atoms with Crippen LogP contribution in [0, 0.1) is 0 Å². The molecule has 1 saturated heterocycles. The molecule has 1 rings (SSSR count). The largest absolute Gasteiger partial charge is 0.392 e. The van der Waals surface area contributed by atoms with Crippen LogP contribution in [0.1, 0.15) is 34.6 Å². The molecular formula is C11H23NO2. The number of ether oxygens (including phenoxy) is 1. The van der Waals surface area contributed by atoms with Crippen molar-refractivity contribution in [1.29, 1.82) is 0 Å². The van der Waals surface area contributed by atoms with Gasteiger partial charge in [-0.05, 0) is 34.6 Å². The third kappa shape index (κ3) is 2.94. The minimum Gasteiger partial charge on any atom is -0.392 e. The second-order valence-corrected chi connectivity index (χ2v) is 5.10. The van der Waals surface area contributed by atoms with Crippen LogP contribution in [0.15, 0.2) is 0 Å². The van der Waals surface area contributed by atoms with Gasteiger partial charge in [0.1, 0.15) is 0 Å². The number of rotatable bonds is 2. The number of nitrogens with zero attached hydrogens (tertiary/aromatic N) is 1. The highest BCUT2D eigenvalue weighted by atomic mass is 16.5. The van der Waals surface area contributed by atoms with E-state index in [1.165, 1.54) is 0 Å². The molecule has 3 unspecified atom stereocenters. The van der Waals surface area contributed by atoms with Crippen LogP contribution in [0.4, 0.5) is 0 Å². The Bertz CT molecular complexity index is 192. The highest BCUT2D eigenvalue weighted by Gasteiger charge is 2.34. The Kier molecular flexibility index (Phi) is 3.56. The lowest BCUT2D eigenvalue weighted by Crippen LogP contribution is -2.56. The van der Waals surface area contributed by atoms with E-state index >= 15 is 0 Å². The Morgan fingerprint density at radius 2 is 2.00 bits per heavy atom. The Balaban J connectivity index is 2.62. The molecule has 0 spiro atoms. The Labute approximate surface area is 87.1 Å². The smallest absolute Gasteiger partial charge is 0.0757 e. The number of aliphatic hydroxyl groups excluding tert-OH is 1. The molecule has 0 saturated carbocycles. The predicted molar refractivity (Wildman–Crippen MR) is 57.3 cm³/mol. The summed E-state index contributed by atoms with van der Waals surface area (Å²) in [6.45, 7) is 12.0. The summed E-state index contributed by atoms with van der Waals surface area (Å²) in [6, 6.07) is 0.209. The molecule has 0 aromatic rings. The van der Waals surface area contributed by atoms with E-state index in [2.05, 4.69) is 32.6 Å². The van der Waals surface area contributed by atoms with Crippen LogP contribution in [0.25, 0.3) is 0 Å². The van der Waals surface area contributed by atoms with Gasteiger partial charge in [0.05, 0.1) is 17.8 Å². The van der Waals surface area contributed by atoms with Crippen LogP contribution in [0.3, 0.4) is 0 Å². The van der Waals surface area contributed by atoms with Gasteiger partial charge in [-0.15, -0.1) is 0 Å². The summed E-state index contributed by atoms with van der Waals surface area (Å²) in [7, 11) is 0. The van der Waals surface area contributed by atoms with Crippen molar-refractivity contribution in [2.75, 3.05) is 13.1 Å². The second kappa shape index (κ2) is 4.17. The maximum Gasteiger partial charge on any atom is 0.0757 e. The fraction of sp³-hybridized carbons (Fsp3) is 1.00. The van der Waals surface area contributed by atoms with Crippen LogP contribution in [-0.2, 0) is 4.74 Å². The topological polar surface area (TPSA) is 32.7 Å².